The Morgan fingerprint density at radius 1 is 1.37 bits per heavy atom. The molecule has 0 saturated carbocycles. The second-order valence-electron chi connectivity index (χ2n) is 4.31. The highest BCUT2D eigenvalue weighted by Gasteiger charge is 2.13. The van der Waals surface area contributed by atoms with Gasteiger partial charge < -0.3 is 5.32 Å². The van der Waals surface area contributed by atoms with Gasteiger partial charge in [0.1, 0.15) is 4.90 Å². The first-order valence-corrected chi connectivity index (χ1v) is 7.27. The Hall–Kier alpha value is -1.86. The number of rotatable bonds is 4. The Morgan fingerprint density at radius 2 is 2.05 bits per heavy atom. The van der Waals surface area contributed by atoms with Crippen LogP contribution in [0.2, 0.25) is 0 Å². The van der Waals surface area contributed by atoms with E-state index in [4.69, 9.17) is 5.14 Å². The molecule has 0 bridgehead atoms. The third-order valence-electron chi connectivity index (χ3n) is 2.78. The number of nitrogens with two attached hydrogens (primary N) is 1. The van der Waals surface area contributed by atoms with Gasteiger partial charge in [-0.15, -0.1) is 0 Å². The number of hydrogen-bond donors (Lipinski definition) is 2. The lowest BCUT2D eigenvalue weighted by molar-refractivity contribution is 0.598. The van der Waals surface area contributed by atoms with Crippen LogP contribution in [-0.2, 0) is 23.6 Å². The first-order valence-electron chi connectivity index (χ1n) is 5.73. The van der Waals surface area contributed by atoms with Crippen molar-refractivity contribution in [2.75, 3.05) is 5.32 Å². The first kappa shape index (κ1) is 13.6. The van der Waals surface area contributed by atoms with Crippen LogP contribution in [0.3, 0.4) is 0 Å². The number of nitrogens with zero attached hydrogens (tertiary/aromatic N) is 2. The largest absolute Gasteiger partial charge is 0.380 e. The maximum atomic E-state index is 11.5. The molecule has 0 aliphatic heterocycles. The average molecular weight is 280 g/mol. The maximum Gasteiger partial charge on any atom is 0.240 e. The lowest BCUT2D eigenvalue weighted by Crippen LogP contribution is -2.15. The van der Waals surface area contributed by atoms with Crippen LogP contribution in [0.25, 0.3) is 0 Å². The number of primary sulfonamides is 1. The molecule has 0 unspecified atom stereocenters. The maximum absolute atomic E-state index is 11.5. The Balaban J connectivity index is 2.23. The fourth-order valence-corrected chi connectivity index (χ4v) is 2.59. The molecule has 0 saturated heterocycles. The molecular weight excluding hydrogens is 264 g/mol. The smallest absolute Gasteiger partial charge is 0.240 e. The third kappa shape index (κ3) is 3.12. The van der Waals surface area contributed by atoms with Crippen LogP contribution < -0.4 is 10.5 Å². The summed E-state index contributed by atoms with van der Waals surface area (Å²) in [5.74, 6) is 0. The van der Waals surface area contributed by atoms with E-state index in [0.717, 1.165) is 11.3 Å². The van der Waals surface area contributed by atoms with E-state index in [1.165, 1.54) is 6.07 Å². The molecule has 0 fully saturated rings. The molecule has 6 nitrogen and oxygen atoms in total. The van der Waals surface area contributed by atoms with Gasteiger partial charge in [0.05, 0.1) is 11.4 Å². The lowest BCUT2D eigenvalue weighted by atomic mass is 10.2. The Bertz CT molecular complexity index is 692. The third-order valence-corrected chi connectivity index (χ3v) is 3.75. The van der Waals surface area contributed by atoms with E-state index in [-0.39, 0.29) is 4.90 Å². The zero-order chi connectivity index (χ0) is 14.0. The van der Waals surface area contributed by atoms with Crippen molar-refractivity contribution in [3.05, 3.63) is 41.7 Å². The molecule has 0 amide bonds. The van der Waals surface area contributed by atoms with Crippen LogP contribution in [-0.4, -0.2) is 18.2 Å². The SMILES string of the molecule is Cc1nn(C)cc1CNc1ccccc1S(N)(=O)=O. The van der Waals surface area contributed by atoms with E-state index in [9.17, 15) is 8.42 Å². The molecule has 2 rings (SSSR count). The molecular formula is C12H16N4O2S. The number of benzene rings is 1. The number of hydrogen-bond acceptors (Lipinski definition) is 4. The molecule has 3 N–H and O–H groups in total. The number of nitrogens with one attached hydrogen (secondary N) is 1. The molecule has 0 radical (unpaired) electrons. The zero-order valence-electron chi connectivity index (χ0n) is 10.8. The Kier molecular flexibility index (Phi) is 3.59. The van der Waals surface area contributed by atoms with Gasteiger partial charge >= 0.3 is 0 Å². The minimum atomic E-state index is -3.73. The number of sulfonamides is 1. The molecule has 7 heteroatoms. The van der Waals surface area contributed by atoms with Gasteiger partial charge in [-0.2, -0.15) is 5.10 Å². The second-order valence-corrected chi connectivity index (χ2v) is 5.84. The highest BCUT2D eigenvalue weighted by atomic mass is 32.2. The van der Waals surface area contributed by atoms with Crippen LogP contribution in [0.15, 0.2) is 35.4 Å². The molecule has 0 atom stereocenters. The lowest BCUT2D eigenvalue weighted by Gasteiger charge is -2.09. The van der Waals surface area contributed by atoms with Crippen LogP contribution >= 0.6 is 0 Å². The van der Waals surface area contributed by atoms with Crippen molar-refractivity contribution in [3.63, 3.8) is 0 Å². The Morgan fingerprint density at radius 3 is 2.63 bits per heavy atom. The van der Waals surface area contributed by atoms with Crippen molar-refractivity contribution >= 4 is 15.7 Å². The summed E-state index contributed by atoms with van der Waals surface area (Å²) in [7, 11) is -1.88. The summed E-state index contributed by atoms with van der Waals surface area (Å²) < 4.78 is 24.6. The molecule has 102 valence electrons. The van der Waals surface area contributed by atoms with Gasteiger partial charge in [-0.25, -0.2) is 13.6 Å². The molecule has 0 aliphatic rings. The summed E-state index contributed by atoms with van der Waals surface area (Å²) in [6, 6.07) is 6.56. The molecule has 0 aliphatic carbocycles. The normalized spacial score (nSPS) is 11.5. The molecule has 0 spiro atoms. The predicted octanol–water partition coefficient (Wildman–Crippen LogP) is 0.988. The molecule has 2 aromatic rings. The fraction of sp³-hybridized carbons (Fsp3) is 0.250. The average Bonchev–Trinajstić information content (AvgIpc) is 2.64. The summed E-state index contributed by atoms with van der Waals surface area (Å²) >= 11 is 0. The molecule has 1 aromatic heterocycles. The highest BCUT2D eigenvalue weighted by molar-refractivity contribution is 7.89. The summed E-state index contributed by atoms with van der Waals surface area (Å²) in [4.78, 5) is 0.0940. The van der Waals surface area contributed by atoms with Crippen LogP contribution in [0.4, 0.5) is 5.69 Å². The van der Waals surface area contributed by atoms with Crippen LogP contribution in [0, 0.1) is 6.92 Å². The topological polar surface area (TPSA) is 90.0 Å². The molecule has 1 heterocycles. The first-order chi connectivity index (χ1) is 8.88. The van der Waals surface area contributed by atoms with E-state index in [0.29, 0.717) is 12.2 Å². The quantitative estimate of drug-likeness (QED) is 0.873. The Labute approximate surface area is 112 Å². The monoisotopic (exact) mass is 280 g/mol. The van der Waals surface area contributed by atoms with E-state index in [1.54, 1.807) is 22.9 Å². The van der Waals surface area contributed by atoms with Crippen molar-refractivity contribution in [1.29, 1.82) is 0 Å². The number of aromatic nitrogens is 2. The van der Waals surface area contributed by atoms with Crippen molar-refractivity contribution in [2.24, 2.45) is 12.2 Å². The van der Waals surface area contributed by atoms with Gasteiger partial charge in [0.15, 0.2) is 0 Å². The van der Waals surface area contributed by atoms with Crippen molar-refractivity contribution < 1.29 is 8.42 Å². The van der Waals surface area contributed by atoms with Crippen molar-refractivity contribution in [3.8, 4) is 0 Å². The van der Waals surface area contributed by atoms with Crippen LogP contribution in [0.1, 0.15) is 11.3 Å². The highest BCUT2D eigenvalue weighted by Crippen LogP contribution is 2.20. The minimum Gasteiger partial charge on any atom is -0.380 e. The van der Waals surface area contributed by atoms with Gasteiger partial charge in [0.25, 0.3) is 0 Å². The number of aryl methyl sites for hydroxylation is 2. The van der Waals surface area contributed by atoms with Crippen LogP contribution in [0.5, 0.6) is 0 Å². The number of anilines is 1. The summed E-state index contributed by atoms with van der Waals surface area (Å²) in [5.41, 5.74) is 2.41. The van der Waals surface area contributed by atoms with Crippen molar-refractivity contribution in [1.82, 2.24) is 9.78 Å². The molecule has 1 aromatic carbocycles. The van der Waals surface area contributed by atoms with E-state index in [2.05, 4.69) is 10.4 Å². The predicted molar refractivity (Wildman–Crippen MR) is 73.1 cm³/mol. The van der Waals surface area contributed by atoms with Gasteiger partial charge in [0, 0.05) is 25.4 Å². The zero-order valence-corrected chi connectivity index (χ0v) is 11.6. The second kappa shape index (κ2) is 5.02. The van der Waals surface area contributed by atoms with Gasteiger partial charge in [0.2, 0.25) is 10.0 Å². The van der Waals surface area contributed by atoms with E-state index >= 15 is 0 Å². The standard InChI is InChI=1S/C12H16N4O2S/c1-9-10(8-16(2)15-9)7-14-11-5-3-4-6-12(11)19(13,17)18/h3-6,8,14H,7H2,1-2H3,(H2,13,17,18). The van der Waals surface area contributed by atoms with Gasteiger partial charge in [-0.1, -0.05) is 12.1 Å². The minimum absolute atomic E-state index is 0.0940. The van der Waals surface area contributed by atoms with Gasteiger partial charge in [-0.05, 0) is 19.1 Å². The molecule has 19 heavy (non-hydrogen) atoms. The van der Waals surface area contributed by atoms with E-state index < -0.39 is 10.0 Å². The van der Waals surface area contributed by atoms with E-state index in [1.807, 2.05) is 20.2 Å². The van der Waals surface area contributed by atoms with Gasteiger partial charge in [-0.3, -0.25) is 4.68 Å². The summed E-state index contributed by atoms with van der Waals surface area (Å²) in [6.07, 6.45) is 1.89. The fourth-order valence-electron chi connectivity index (χ4n) is 1.87. The van der Waals surface area contributed by atoms with Crippen molar-refractivity contribution in [2.45, 2.75) is 18.4 Å². The summed E-state index contributed by atoms with van der Waals surface area (Å²) in [6.45, 7) is 2.40. The number of para-hydroxylation sites is 1. The summed E-state index contributed by atoms with van der Waals surface area (Å²) in [5, 5.41) is 12.5.